The second-order valence-corrected chi connectivity index (χ2v) is 10.8. The number of amides is 1. The number of amidine groups is 2. The van der Waals surface area contributed by atoms with Crippen LogP contribution in [0.1, 0.15) is 18.1 Å². The van der Waals surface area contributed by atoms with Gasteiger partial charge >= 0.3 is 0 Å². The monoisotopic (exact) mass is 529 g/mol. The summed E-state index contributed by atoms with van der Waals surface area (Å²) in [6.07, 6.45) is 1.43. The Kier molecular flexibility index (Phi) is 6.90. The highest BCUT2D eigenvalue weighted by molar-refractivity contribution is 8.42. The van der Waals surface area contributed by atoms with Crippen molar-refractivity contribution in [1.82, 2.24) is 5.01 Å². The first-order valence-corrected chi connectivity index (χ1v) is 12.9. The number of hydrazone groups is 1. The van der Waals surface area contributed by atoms with E-state index >= 15 is 0 Å². The van der Waals surface area contributed by atoms with Gasteiger partial charge in [-0.05, 0) is 53.2 Å². The quantitative estimate of drug-likeness (QED) is 0.322. The molecule has 0 unspecified atom stereocenters. The van der Waals surface area contributed by atoms with Crippen LogP contribution in [-0.2, 0) is 21.2 Å². The number of carbonyl (C=O) groups excluding carboxylic acids is 1. The number of nitro benzene ring substituents is 1. The van der Waals surface area contributed by atoms with Crippen LogP contribution in [0.15, 0.2) is 58.1 Å². The number of non-ortho nitro benzene ring substituents is 1. The summed E-state index contributed by atoms with van der Waals surface area (Å²) in [5.74, 6) is -0.394. The van der Waals surface area contributed by atoms with Gasteiger partial charge in [-0.25, -0.2) is 8.42 Å². The van der Waals surface area contributed by atoms with E-state index in [1.165, 1.54) is 32.2 Å². The summed E-state index contributed by atoms with van der Waals surface area (Å²) in [7, 11) is -2.17. The largest absolute Gasteiger partial charge is 0.493 e. The number of nitrogens with zero attached hydrogens (tertiary/aromatic N) is 4. The number of fused-ring (bicyclic) bond motifs is 1. The van der Waals surface area contributed by atoms with Gasteiger partial charge < -0.3 is 9.47 Å². The fourth-order valence-electron chi connectivity index (χ4n) is 3.16. The summed E-state index contributed by atoms with van der Waals surface area (Å²) in [4.78, 5) is 26.8. The van der Waals surface area contributed by atoms with Crippen LogP contribution in [0.2, 0.25) is 0 Å². The summed E-state index contributed by atoms with van der Waals surface area (Å²) in [6, 6.07) is 10.8. The third-order valence-corrected chi connectivity index (χ3v) is 8.21. The van der Waals surface area contributed by atoms with Crippen LogP contribution >= 0.6 is 11.8 Å². The van der Waals surface area contributed by atoms with Crippen LogP contribution < -0.4 is 9.47 Å². The molecule has 0 saturated carbocycles. The van der Waals surface area contributed by atoms with Crippen molar-refractivity contribution in [2.45, 2.75) is 13.5 Å². The van der Waals surface area contributed by atoms with E-state index in [1.54, 1.807) is 30.3 Å². The van der Waals surface area contributed by atoms with Crippen molar-refractivity contribution in [1.29, 1.82) is 5.41 Å². The van der Waals surface area contributed by atoms with Crippen LogP contribution in [0.3, 0.4) is 0 Å². The topological polar surface area (TPSA) is 165 Å². The maximum atomic E-state index is 12.6. The number of ether oxygens (including phenoxy) is 2. The predicted octanol–water partition coefficient (Wildman–Crippen LogP) is 3.19. The molecule has 1 amide bonds. The number of hydrogen-bond donors (Lipinski definition) is 1. The van der Waals surface area contributed by atoms with Crippen molar-refractivity contribution in [3.8, 4) is 11.5 Å². The van der Waals surface area contributed by atoms with Crippen molar-refractivity contribution in [3.05, 3.63) is 69.3 Å². The normalized spacial score (nSPS) is 16.5. The Morgan fingerprint density at radius 2 is 1.92 bits per heavy atom. The van der Waals surface area contributed by atoms with E-state index in [1.807, 2.05) is 0 Å². The molecule has 0 fully saturated rings. The van der Waals surface area contributed by atoms with E-state index < -0.39 is 20.7 Å². The van der Waals surface area contributed by atoms with Crippen LogP contribution in [0.25, 0.3) is 6.08 Å². The number of aliphatic imine (C=N–C) groups is 1. The molecule has 0 atom stereocenters. The van der Waals surface area contributed by atoms with Crippen LogP contribution in [0.4, 0.5) is 5.69 Å². The molecule has 36 heavy (non-hydrogen) atoms. The van der Waals surface area contributed by atoms with E-state index in [9.17, 15) is 23.3 Å². The first-order chi connectivity index (χ1) is 17.1. The molecule has 2 aliphatic heterocycles. The van der Waals surface area contributed by atoms with Crippen LogP contribution in [0.5, 0.6) is 11.5 Å². The maximum absolute atomic E-state index is 12.6. The van der Waals surface area contributed by atoms with E-state index in [2.05, 4.69) is 10.1 Å². The number of hydrogen-bond acceptors (Lipinski definition) is 10. The summed E-state index contributed by atoms with van der Waals surface area (Å²) in [5, 5.41) is 24.2. The molecule has 186 valence electrons. The minimum absolute atomic E-state index is 0.0155. The third kappa shape index (κ3) is 4.99. The molecule has 12 nitrogen and oxygen atoms in total. The molecular weight excluding hydrogens is 510 g/mol. The Morgan fingerprint density at radius 1 is 1.19 bits per heavy atom. The smallest absolute Gasteiger partial charge is 0.283 e. The van der Waals surface area contributed by atoms with Gasteiger partial charge in [0.1, 0.15) is 6.61 Å². The van der Waals surface area contributed by atoms with E-state index in [0.717, 1.165) is 22.3 Å². The molecule has 2 heterocycles. The summed E-state index contributed by atoms with van der Waals surface area (Å²) in [5.41, 5.74) is 1.14. The second-order valence-electron chi connectivity index (χ2n) is 7.41. The highest BCUT2D eigenvalue weighted by Crippen LogP contribution is 2.33. The number of carbonyl (C=O) groups is 1. The Hall–Kier alpha value is -4.04. The number of nitrogens with one attached hydrogen (secondary N) is 1. The first kappa shape index (κ1) is 25.1. The van der Waals surface area contributed by atoms with Crippen molar-refractivity contribution in [2.24, 2.45) is 10.1 Å². The lowest BCUT2D eigenvalue weighted by Crippen LogP contribution is -2.35. The number of thioether (sulfide) groups is 1. The number of methoxy groups -OCH3 is 1. The number of nitro groups is 1. The Labute approximate surface area is 209 Å². The highest BCUT2D eigenvalue weighted by atomic mass is 32.3. The number of rotatable bonds is 7. The van der Waals surface area contributed by atoms with E-state index in [-0.39, 0.29) is 39.0 Å². The molecule has 0 bridgehead atoms. The Balaban J connectivity index is 1.54. The molecule has 14 heteroatoms. The molecule has 0 aliphatic carbocycles. The Bertz CT molecular complexity index is 1460. The lowest BCUT2D eigenvalue weighted by molar-refractivity contribution is -0.384. The summed E-state index contributed by atoms with van der Waals surface area (Å²) < 4.78 is 35.2. The van der Waals surface area contributed by atoms with E-state index in [0.29, 0.717) is 17.1 Å². The van der Waals surface area contributed by atoms with Crippen LogP contribution in [0, 0.1) is 15.5 Å². The highest BCUT2D eigenvalue weighted by Gasteiger charge is 2.39. The van der Waals surface area contributed by atoms with Gasteiger partial charge in [-0.15, -0.1) is 5.10 Å². The fraction of sp³-hybridized carbons (Fsp3) is 0.182. The van der Waals surface area contributed by atoms with Crippen LogP contribution in [-0.4, -0.2) is 52.5 Å². The molecule has 2 aromatic rings. The zero-order valence-electron chi connectivity index (χ0n) is 19.0. The maximum Gasteiger partial charge on any atom is 0.283 e. The van der Waals surface area contributed by atoms with Crippen molar-refractivity contribution >= 4 is 54.6 Å². The van der Waals surface area contributed by atoms with Gasteiger partial charge in [-0.1, -0.05) is 13.0 Å². The summed E-state index contributed by atoms with van der Waals surface area (Å²) >= 11 is 0.735. The van der Waals surface area contributed by atoms with Gasteiger partial charge in [0.05, 0.1) is 23.4 Å². The van der Waals surface area contributed by atoms with Gasteiger partial charge in [-0.2, -0.15) is 10.0 Å². The van der Waals surface area contributed by atoms with Crippen molar-refractivity contribution in [3.63, 3.8) is 0 Å². The SMILES string of the molecule is CCS(=O)(=O)C1=NN2C(=N)/C(=C/c3ccc(OCc4ccc([N+](=O)[O-])cc4)c(OC)c3)C(=O)N=C2S1. The average Bonchev–Trinajstić information content (AvgIpc) is 3.31. The molecule has 2 aliphatic rings. The zero-order chi connectivity index (χ0) is 26.0. The van der Waals surface area contributed by atoms with Gasteiger partial charge in [0, 0.05) is 12.1 Å². The van der Waals surface area contributed by atoms with Crippen molar-refractivity contribution in [2.75, 3.05) is 12.9 Å². The third-order valence-electron chi connectivity index (χ3n) is 5.12. The van der Waals surface area contributed by atoms with E-state index in [4.69, 9.17) is 14.9 Å². The fourth-order valence-corrected chi connectivity index (χ4v) is 5.32. The lowest BCUT2D eigenvalue weighted by Gasteiger charge is -2.20. The van der Waals surface area contributed by atoms with Crippen molar-refractivity contribution < 1.29 is 27.6 Å². The molecular formula is C22H19N5O7S2. The molecule has 1 N–H and O–H groups in total. The van der Waals surface area contributed by atoms with Gasteiger partial charge in [0.15, 0.2) is 17.3 Å². The Morgan fingerprint density at radius 3 is 2.56 bits per heavy atom. The molecule has 2 aromatic carbocycles. The molecule has 0 saturated heterocycles. The molecule has 0 aromatic heterocycles. The lowest BCUT2D eigenvalue weighted by atomic mass is 10.1. The zero-order valence-corrected chi connectivity index (χ0v) is 20.6. The number of sulfone groups is 1. The second kappa shape index (κ2) is 9.91. The molecule has 4 rings (SSSR count). The number of benzene rings is 2. The van der Waals surface area contributed by atoms with Gasteiger partial charge in [0.25, 0.3) is 11.6 Å². The van der Waals surface area contributed by atoms with Gasteiger partial charge in [-0.3, -0.25) is 20.3 Å². The minimum Gasteiger partial charge on any atom is -0.493 e. The standard InChI is InChI=1S/C22H19N5O7S2/c1-3-36(31,32)22-25-26-19(23)16(20(28)24-21(26)35-22)10-14-6-9-17(18(11-14)33-2)34-12-13-4-7-15(8-5-13)27(29)30/h4-11,23H,3,12H2,1-2H3/b16-10-,23-19?. The summed E-state index contributed by atoms with van der Waals surface area (Å²) in [6.45, 7) is 1.62. The molecule has 0 spiro atoms. The minimum atomic E-state index is -3.62. The predicted molar refractivity (Wildman–Crippen MR) is 135 cm³/mol. The average molecular weight is 530 g/mol. The van der Waals surface area contributed by atoms with Gasteiger partial charge in [0.2, 0.25) is 19.4 Å². The first-order valence-electron chi connectivity index (χ1n) is 10.4. The molecule has 0 radical (unpaired) electrons.